The highest BCUT2D eigenvalue weighted by Gasteiger charge is 2.35. The molecule has 22 heavy (non-hydrogen) atoms. The van der Waals surface area contributed by atoms with Crippen molar-refractivity contribution in [1.82, 2.24) is 0 Å². The van der Waals surface area contributed by atoms with Crippen molar-refractivity contribution >= 4 is 16.5 Å². The van der Waals surface area contributed by atoms with E-state index in [0.29, 0.717) is 5.56 Å². The number of nitrogens with zero attached hydrogens (tertiary/aromatic N) is 1. The number of fused-ring (bicyclic) bond motifs is 1. The highest BCUT2D eigenvalue weighted by atomic mass is 16.8. The molecule has 0 radical (unpaired) electrons. The lowest BCUT2D eigenvalue weighted by Gasteiger charge is -2.25. The standard InChI is InChI=1S/C19H15NO2/c21-19(12-13-20(22-19)18-8-2-1-3-9-18)17-11-10-15-6-4-5-7-16(15)14-17/h1-14,21H. The van der Waals surface area contributed by atoms with Gasteiger partial charge in [0.15, 0.2) is 0 Å². The number of para-hydroxylation sites is 1. The zero-order valence-electron chi connectivity index (χ0n) is 11.9. The van der Waals surface area contributed by atoms with Crippen LogP contribution < -0.4 is 5.06 Å². The molecular weight excluding hydrogens is 274 g/mol. The van der Waals surface area contributed by atoms with Gasteiger partial charge in [0.25, 0.3) is 0 Å². The molecule has 1 aliphatic rings. The smallest absolute Gasteiger partial charge is 0.239 e. The average molecular weight is 289 g/mol. The summed E-state index contributed by atoms with van der Waals surface area (Å²) >= 11 is 0. The van der Waals surface area contributed by atoms with Crippen molar-refractivity contribution in [3.63, 3.8) is 0 Å². The first-order valence-corrected chi connectivity index (χ1v) is 7.19. The minimum Gasteiger partial charge on any atom is -0.357 e. The molecule has 0 amide bonds. The van der Waals surface area contributed by atoms with Crippen LogP contribution in [-0.4, -0.2) is 5.11 Å². The van der Waals surface area contributed by atoms with E-state index in [0.717, 1.165) is 16.5 Å². The lowest BCUT2D eigenvalue weighted by molar-refractivity contribution is -0.163. The Morgan fingerprint density at radius 1 is 0.818 bits per heavy atom. The Balaban J connectivity index is 1.68. The van der Waals surface area contributed by atoms with Crippen molar-refractivity contribution in [2.75, 3.05) is 5.06 Å². The van der Waals surface area contributed by atoms with Crippen molar-refractivity contribution in [2.45, 2.75) is 5.79 Å². The maximum Gasteiger partial charge on any atom is 0.239 e. The summed E-state index contributed by atoms with van der Waals surface area (Å²) in [5.74, 6) is -1.44. The molecule has 1 aliphatic heterocycles. The molecule has 4 rings (SSSR count). The van der Waals surface area contributed by atoms with Gasteiger partial charge < -0.3 is 5.11 Å². The van der Waals surface area contributed by atoms with Gasteiger partial charge in [0.05, 0.1) is 5.69 Å². The van der Waals surface area contributed by atoms with E-state index in [9.17, 15) is 5.11 Å². The van der Waals surface area contributed by atoms with E-state index in [4.69, 9.17) is 4.84 Å². The van der Waals surface area contributed by atoms with Gasteiger partial charge in [-0.25, -0.2) is 9.90 Å². The van der Waals surface area contributed by atoms with E-state index < -0.39 is 5.79 Å². The van der Waals surface area contributed by atoms with Gasteiger partial charge in [-0.15, -0.1) is 0 Å². The SMILES string of the molecule is OC1(c2ccc3ccccc3c2)C=CN(c2ccccc2)O1. The summed E-state index contributed by atoms with van der Waals surface area (Å²) in [5.41, 5.74) is 1.58. The second-order valence-electron chi connectivity index (χ2n) is 5.33. The van der Waals surface area contributed by atoms with Gasteiger partial charge in [-0.1, -0.05) is 54.6 Å². The molecule has 0 saturated heterocycles. The van der Waals surface area contributed by atoms with Crippen LogP contribution in [0.3, 0.4) is 0 Å². The van der Waals surface area contributed by atoms with Crippen LogP contribution in [0.2, 0.25) is 0 Å². The second kappa shape index (κ2) is 4.98. The normalized spacial score (nSPS) is 20.7. The zero-order valence-corrected chi connectivity index (χ0v) is 11.9. The van der Waals surface area contributed by atoms with Gasteiger partial charge in [-0.3, -0.25) is 0 Å². The van der Waals surface area contributed by atoms with Crippen molar-refractivity contribution in [3.8, 4) is 0 Å². The van der Waals surface area contributed by atoms with Crippen LogP contribution in [0.5, 0.6) is 0 Å². The Morgan fingerprint density at radius 3 is 2.36 bits per heavy atom. The number of hydroxylamine groups is 1. The van der Waals surface area contributed by atoms with Crippen molar-refractivity contribution < 1.29 is 9.94 Å². The summed E-state index contributed by atoms with van der Waals surface area (Å²) in [6.45, 7) is 0. The minimum absolute atomic E-state index is 0.709. The molecule has 3 nitrogen and oxygen atoms in total. The molecule has 3 aromatic rings. The van der Waals surface area contributed by atoms with Crippen LogP contribution in [-0.2, 0) is 10.6 Å². The number of rotatable bonds is 2. The molecule has 108 valence electrons. The van der Waals surface area contributed by atoms with E-state index in [1.165, 1.54) is 0 Å². The zero-order chi connectivity index (χ0) is 15.0. The maximum absolute atomic E-state index is 10.8. The Bertz CT molecular complexity index is 844. The van der Waals surface area contributed by atoms with Gasteiger partial charge >= 0.3 is 0 Å². The average Bonchev–Trinajstić information content (AvgIpc) is 2.99. The van der Waals surface area contributed by atoms with E-state index >= 15 is 0 Å². The molecular formula is C19H15NO2. The topological polar surface area (TPSA) is 32.7 Å². The molecule has 1 N–H and O–H groups in total. The molecule has 0 saturated carbocycles. The molecule has 0 fully saturated rings. The van der Waals surface area contributed by atoms with Crippen molar-refractivity contribution in [2.24, 2.45) is 0 Å². The summed E-state index contributed by atoms with van der Waals surface area (Å²) in [6, 6.07) is 23.5. The molecule has 0 aromatic heterocycles. The van der Waals surface area contributed by atoms with Gasteiger partial charge in [0.2, 0.25) is 5.79 Å². The lowest BCUT2D eigenvalue weighted by atomic mass is 10.0. The van der Waals surface area contributed by atoms with Crippen molar-refractivity contribution in [3.05, 3.63) is 90.6 Å². The quantitative estimate of drug-likeness (QED) is 0.775. The third-order valence-electron chi connectivity index (χ3n) is 3.85. The fourth-order valence-electron chi connectivity index (χ4n) is 2.65. The molecule has 0 spiro atoms. The number of benzene rings is 3. The molecule has 1 heterocycles. The predicted octanol–water partition coefficient (Wildman–Crippen LogP) is 3.95. The van der Waals surface area contributed by atoms with Gasteiger partial charge in [0.1, 0.15) is 0 Å². The van der Waals surface area contributed by atoms with E-state index in [-0.39, 0.29) is 0 Å². The first kappa shape index (κ1) is 13.1. The third kappa shape index (κ3) is 2.17. The summed E-state index contributed by atoms with van der Waals surface area (Å²) in [7, 11) is 0. The van der Waals surface area contributed by atoms with Crippen LogP contribution in [0.1, 0.15) is 5.56 Å². The molecule has 0 aliphatic carbocycles. The van der Waals surface area contributed by atoms with Crippen LogP contribution in [0.25, 0.3) is 10.8 Å². The van der Waals surface area contributed by atoms with Crippen LogP contribution in [0.15, 0.2) is 85.1 Å². The second-order valence-corrected chi connectivity index (χ2v) is 5.33. The fourth-order valence-corrected chi connectivity index (χ4v) is 2.65. The Labute approximate surface area is 128 Å². The van der Waals surface area contributed by atoms with E-state index in [1.807, 2.05) is 72.8 Å². The van der Waals surface area contributed by atoms with Gasteiger partial charge in [0, 0.05) is 17.8 Å². The van der Waals surface area contributed by atoms with Crippen LogP contribution >= 0.6 is 0 Å². The minimum atomic E-state index is -1.44. The predicted molar refractivity (Wildman–Crippen MR) is 87.0 cm³/mol. The maximum atomic E-state index is 10.8. The molecule has 3 heteroatoms. The summed E-state index contributed by atoms with van der Waals surface area (Å²) in [5, 5.41) is 14.6. The van der Waals surface area contributed by atoms with Gasteiger partial charge in [-0.05, 0) is 29.0 Å². The molecule has 1 unspecified atom stereocenters. The summed E-state index contributed by atoms with van der Waals surface area (Å²) in [6.07, 6.45) is 3.40. The molecule has 0 bridgehead atoms. The summed E-state index contributed by atoms with van der Waals surface area (Å²) in [4.78, 5) is 5.75. The van der Waals surface area contributed by atoms with Gasteiger partial charge in [-0.2, -0.15) is 0 Å². The molecule has 1 atom stereocenters. The van der Waals surface area contributed by atoms with Crippen LogP contribution in [0, 0.1) is 0 Å². The monoisotopic (exact) mass is 289 g/mol. The van der Waals surface area contributed by atoms with Crippen LogP contribution in [0.4, 0.5) is 5.69 Å². The van der Waals surface area contributed by atoms with E-state index in [1.54, 1.807) is 17.3 Å². The number of hydrogen-bond donors (Lipinski definition) is 1. The number of anilines is 1. The highest BCUT2D eigenvalue weighted by molar-refractivity contribution is 5.83. The largest absolute Gasteiger partial charge is 0.357 e. The molecule has 3 aromatic carbocycles. The fraction of sp³-hybridized carbons (Fsp3) is 0.0526. The summed E-state index contributed by atoms with van der Waals surface area (Å²) < 4.78 is 0. The Kier molecular flexibility index (Phi) is 2.96. The first-order valence-electron chi connectivity index (χ1n) is 7.19. The van der Waals surface area contributed by atoms with E-state index in [2.05, 4.69) is 0 Å². The Morgan fingerprint density at radius 2 is 1.55 bits per heavy atom. The lowest BCUT2D eigenvalue weighted by Crippen LogP contribution is -2.28. The van der Waals surface area contributed by atoms with Crippen molar-refractivity contribution in [1.29, 1.82) is 0 Å². The highest BCUT2D eigenvalue weighted by Crippen LogP contribution is 2.34. The first-order chi connectivity index (χ1) is 10.7. The number of hydrogen-bond acceptors (Lipinski definition) is 3. The Hall–Kier alpha value is -2.62. The number of aliphatic hydroxyl groups is 1. The third-order valence-corrected chi connectivity index (χ3v) is 3.85.